The lowest BCUT2D eigenvalue weighted by atomic mass is 10.1. The van der Waals surface area contributed by atoms with Crippen LogP contribution in [0.3, 0.4) is 0 Å². The molecule has 2 aromatic rings. The fourth-order valence-corrected chi connectivity index (χ4v) is 2.87. The summed E-state index contributed by atoms with van der Waals surface area (Å²) < 4.78 is 13.1. The molecule has 1 aromatic heterocycles. The van der Waals surface area contributed by atoms with Gasteiger partial charge in [0.15, 0.2) is 0 Å². The first kappa shape index (κ1) is 14.0. The number of nitrogens with zero attached hydrogens (tertiary/aromatic N) is 2. The molecule has 1 N–H and O–H groups in total. The minimum Gasteiger partial charge on any atom is -0.369 e. The number of benzene rings is 1. The normalized spacial score (nSPS) is 14.3. The number of anilines is 1. The van der Waals surface area contributed by atoms with Gasteiger partial charge in [-0.05, 0) is 49.8 Å². The summed E-state index contributed by atoms with van der Waals surface area (Å²) >= 11 is 0. The molecular formula is C17H20FN3. The first-order valence-corrected chi connectivity index (χ1v) is 7.64. The van der Waals surface area contributed by atoms with Gasteiger partial charge in [-0.15, -0.1) is 0 Å². The summed E-state index contributed by atoms with van der Waals surface area (Å²) in [5.74, 6) is 0.779. The van der Waals surface area contributed by atoms with Crippen molar-refractivity contribution in [3.8, 4) is 0 Å². The van der Waals surface area contributed by atoms with E-state index in [9.17, 15) is 4.39 Å². The van der Waals surface area contributed by atoms with Crippen LogP contribution in [0, 0.1) is 5.82 Å². The van der Waals surface area contributed by atoms with Crippen molar-refractivity contribution in [3.05, 3.63) is 53.2 Å². The van der Waals surface area contributed by atoms with Gasteiger partial charge in [-0.2, -0.15) is 0 Å². The van der Waals surface area contributed by atoms with Gasteiger partial charge in [-0.25, -0.2) is 14.4 Å². The number of halogens is 1. The number of aromatic nitrogens is 2. The maximum absolute atomic E-state index is 13.1. The number of nitrogens with one attached hydrogen (secondary N) is 1. The molecule has 1 aromatic carbocycles. The number of hydrogen-bond donors (Lipinski definition) is 1. The van der Waals surface area contributed by atoms with Gasteiger partial charge in [0.05, 0.1) is 0 Å². The van der Waals surface area contributed by atoms with Crippen LogP contribution in [0.15, 0.2) is 30.6 Å². The van der Waals surface area contributed by atoms with Gasteiger partial charge in [0.1, 0.15) is 18.0 Å². The van der Waals surface area contributed by atoms with Gasteiger partial charge < -0.3 is 5.32 Å². The molecule has 0 radical (unpaired) electrons. The average molecular weight is 285 g/mol. The number of hydrogen-bond acceptors (Lipinski definition) is 3. The molecule has 3 nitrogen and oxygen atoms in total. The monoisotopic (exact) mass is 285 g/mol. The predicted octanol–water partition coefficient (Wildman–Crippen LogP) is 3.54. The van der Waals surface area contributed by atoms with Crippen LogP contribution in [-0.4, -0.2) is 16.5 Å². The third kappa shape index (κ3) is 3.57. The Kier molecular flexibility index (Phi) is 4.43. The highest BCUT2D eigenvalue weighted by Gasteiger charge is 2.13. The maximum Gasteiger partial charge on any atom is 0.132 e. The van der Waals surface area contributed by atoms with E-state index in [2.05, 4.69) is 15.3 Å². The molecule has 110 valence electrons. The van der Waals surface area contributed by atoms with E-state index in [4.69, 9.17) is 0 Å². The second-order valence-corrected chi connectivity index (χ2v) is 5.51. The standard InChI is InChI=1S/C17H20FN3/c18-14-6-4-5-13(11-14)9-10-19-17-15-7-2-1-3-8-16(15)20-12-21-17/h4-6,11-12H,1-3,7-10H2,(H,19,20,21). The molecule has 0 unspecified atom stereocenters. The molecule has 0 bridgehead atoms. The number of rotatable bonds is 4. The van der Waals surface area contributed by atoms with Gasteiger partial charge in [0.25, 0.3) is 0 Å². The molecule has 3 rings (SSSR count). The third-order valence-corrected chi connectivity index (χ3v) is 3.97. The zero-order chi connectivity index (χ0) is 14.5. The number of fused-ring (bicyclic) bond motifs is 1. The Balaban J connectivity index is 1.65. The Morgan fingerprint density at radius 3 is 2.90 bits per heavy atom. The Bertz CT molecular complexity index is 613. The van der Waals surface area contributed by atoms with Gasteiger partial charge in [-0.3, -0.25) is 0 Å². The third-order valence-electron chi connectivity index (χ3n) is 3.97. The largest absolute Gasteiger partial charge is 0.369 e. The first-order valence-electron chi connectivity index (χ1n) is 7.64. The molecule has 0 atom stereocenters. The van der Waals surface area contributed by atoms with Crippen molar-refractivity contribution in [1.82, 2.24) is 9.97 Å². The lowest BCUT2D eigenvalue weighted by Crippen LogP contribution is -2.11. The van der Waals surface area contributed by atoms with E-state index in [-0.39, 0.29) is 5.82 Å². The van der Waals surface area contributed by atoms with Crippen LogP contribution in [-0.2, 0) is 19.3 Å². The van der Waals surface area contributed by atoms with Crippen molar-refractivity contribution in [2.24, 2.45) is 0 Å². The van der Waals surface area contributed by atoms with Crippen molar-refractivity contribution in [2.45, 2.75) is 38.5 Å². The smallest absolute Gasteiger partial charge is 0.132 e. The van der Waals surface area contributed by atoms with E-state index in [0.717, 1.165) is 37.2 Å². The Morgan fingerprint density at radius 2 is 2.00 bits per heavy atom. The fraction of sp³-hybridized carbons (Fsp3) is 0.412. The van der Waals surface area contributed by atoms with Crippen LogP contribution in [0.25, 0.3) is 0 Å². The van der Waals surface area contributed by atoms with Crippen LogP contribution < -0.4 is 5.32 Å². The highest BCUT2D eigenvalue weighted by Crippen LogP contribution is 2.23. The molecular weight excluding hydrogens is 265 g/mol. The summed E-state index contributed by atoms with van der Waals surface area (Å²) in [4.78, 5) is 8.80. The SMILES string of the molecule is Fc1cccc(CCNc2ncnc3c2CCCCC3)c1. The lowest BCUT2D eigenvalue weighted by Gasteiger charge is -2.12. The summed E-state index contributed by atoms with van der Waals surface area (Å²) in [6.45, 7) is 0.757. The molecule has 0 spiro atoms. The quantitative estimate of drug-likeness (QED) is 0.873. The van der Waals surface area contributed by atoms with Crippen LogP contribution >= 0.6 is 0 Å². The molecule has 0 aliphatic heterocycles. The van der Waals surface area contributed by atoms with E-state index in [0.29, 0.717) is 0 Å². The summed E-state index contributed by atoms with van der Waals surface area (Å²) in [7, 11) is 0. The van der Waals surface area contributed by atoms with Crippen molar-refractivity contribution in [1.29, 1.82) is 0 Å². The van der Waals surface area contributed by atoms with Crippen LogP contribution in [0.5, 0.6) is 0 Å². The molecule has 4 heteroatoms. The van der Waals surface area contributed by atoms with E-state index < -0.39 is 0 Å². The minimum atomic E-state index is -0.177. The molecule has 0 fully saturated rings. The highest BCUT2D eigenvalue weighted by molar-refractivity contribution is 5.46. The number of aryl methyl sites for hydroxylation is 1. The maximum atomic E-state index is 13.1. The second-order valence-electron chi connectivity index (χ2n) is 5.51. The van der Waals surface area contributed by atoms with Crippen LogP contribution in [0.2, 0.25) is 0 Å². The summed E-state index contributed by atoms with van der Waals surface area (Å²) in [5, 5.41) is 3.39. The summed E-state index contributed by atoms with van der Waals surface area (Å²) in [6, 6.07) is 6.76. The average Bonchev–Trinajstić information content (AvgIpc) is 2.73. The van der Waals surface area contributed by atoms with E-state index >= 15 is 0 Å². The Labute approximate surface area is 124 Å². The van der Waals surface area contributed by atoms with Crippen molar-refractivity contribution >= 4 is 5.82 Å². The van der Waals surface area contributed by atoms with Crippen molar-refractivity contribution in [3.63, 3.8) is 0 Å². The predicted molar refractivity (Wildman–Crippen MR) is 81.9 cm³/mol. The summed E-state index contributed by atoms with van der Waals surface area (Å²) in [6.07, 6.45) is 8.23. The molecule has 1 aliphatic rings. The fourth-order valence-electron chi connectivity index (χ4n) is 2.87. The van der Waals surface area contributed by atoms with Crippen molar-refractivity contribution in [2.75, 3.05) is 11.9 Å². The summed E-state index contributed by atoms with van der Waals surface area (Å²) in [5.41, 5.74) is 3.47. The zero-order valence-corrected chi connectivity index (χ0v) is 12.1. The molecule has 0 saturated heterocycles. The minimum absolute atomic E-state index is 0.177. The highest BCUT2D eigenvalue weighted by atomic mass is 19.1. The van der Waals surface area contributed by atoms with E-state index in [1.165, 1.54) is 36.6 Å². The molecule has 1 heterocycles. The topological polar surface area (TPSA) is 37.8 Å². The van der Waals surface area contributed by atoms with Gasteiger partial charge in [0.2, 0.25) is 0 Å². The molecule has 0 saturated carbocycles. The zero-order valence-electron chi connectivity index (χ0n) is 12.1. The Morgan fingerprint density at radius 1 is 1.10 bits per heavy atom. The molecule has 0 amide bonds. The second kappa shape index (κ2) is 6.66. The van der Waals surface area contributed by atoms with Crippen molar-refractivity contribution < 1.29 is 4.39 Å². The Hall–Kier alpha value is -1.97. The van der Waals surface area contributed by atoms with Gasteiger partial charge >= 0.3 is 0 Å². The van der Waals surface area contributed by atoms with Gasteiger partial charge in [-0.1, -0.05) is 18.6 Å². The van der Waals surface area contributed by atoms with Gasteiger partial charge in [0, 0.05) is 17.8 Å². The van der Waals surface area contributed by atoms with Crippen LogP contribution in [0.1, 0.15) is 36.1 Å². The first-order chi connectivity index (χ1) is 10.3. The van der Waals surface area contributed by atoms with E-state index in [1.54, 1.807) is 18.5 Å². The van der Waals surface area contributed by atoms with Crippen LogP contribution in [0.4, 0.5) is 10.2 Å². The molecule has 21 heavy (non-hydrogen) atoms. The lowest BCUT2D eigenvalue weighted by molar-refractivity contribution is 0.625. The van der Waals surface area contributed by atoms with E-state index in [1.807, 2.05) is 6.07 Å². The molecule has 1 aliphatic carbocycles.